The molecule has 0 aromatic heterocycles. The molecule has 108 valence electrons. The normalized spacial score (nSPS) is 11.9. The molecule has 1 unspecified atom stereocenters. The van der Waals surface area contributed by atoms with E-state index in [4.69, 9.17) is 5.26 Å². The van der Waals surface area contributed by atoms with Gasteiger partial charge in [-0.3, -0.25) is 0 Å². The summed E-state index contributed by atoms with van der Waals surface area (Å²) in [6.45, 7) is 2.51. The molecule has 4 heteroatoms. The Kier molecular flexibility index (Phi) is 5.04. The van der Waals surface area contributed by atoms with Crippen LogP contribution in [0.5, 0.6) is 0 Å². The largest absolute Gasteiger partial charge is 0.392 e. The molecule has 0 spiro atoms. The lowest BCUT2D eigenvalue weighted by atomic mass is 10.0. The molecule has 0 radical (unpaired) electrons. The van der Waals surface area contributed by atoms with E-state index in [0.29, 0.717) is 6.54 Å². The van der Waals surface area contributed by atoms with Crippen LogP contribution in [-0.2, 0) is 13.2 Å². The van der Waals surface area contributed by atoms with Gasteiger partial charge in [-0.2, -0.15) is 5.26 Å². The van der Waals surface area contributed by atoms with Crippen LogP contribution in [0.3, 0.4) is 0 Å². The van der Waals surface area contributed by atoms with Crippen molar-refractivity contribution in [1.82, 2.24) is 5.32 Å². The second-order valence-electron chi connectivity index (χ2n) is 4.88. The Morgan fingerprint density at radius 3 is 2.57 bits per heavy atom. The molecule has 0 fully saturated rings. The zero-order valence-corrected chi connectivity index (χ0v) is 11.8. The van der Waals surface area contributed by atoms with E-state index in [2.05, 4.69) is 5.32 Å². The summed E-state index contributed by atoms with van der Waals surface area (Å²) in [5, 5.41) is 21.3. The van der Waals surface area contributed by atoms with Gasteiger partial charge >= 0.3 is 0 Å². The Balaban J connectivity index is 2.06. The van der Waals surface area contributed by atoms with Crippen molar-refractivity contribution in [3.8, 4) is 6.07 Å². The molecule has 0 saturated carbocycles. The van der Waals surface area contributed by atoms with Crippen molar-refractivity contribution in [2.75, 3.05) is 0 Å². The quantitative estimate of drug-likeness (QED) is 0.887. The van der Waals surface area contributed by atoms with E-state index in [1.165, 1.54) is 12.1 Å². The highest BCUT2D eigenvalue weighted by atomic mass is 19.1. The molecule has 21 heavy (non-hydrogen) atoms. The van der Waals surface area contributed by atoms with E-state index >= 15 is 0 Å². The molecule has 2 aromatic rings. The van der Waals surface area contributed by atoms with Crippen LogP contribution < -0.4 is 5.32 Å². The molecule has 2 aromatic carbocycles. The fourth-order valence-corrected chi connectivity index (χ4v) is 2.16. The van der Waals surface area contributed by atoms with Gasteiger partial charge in [0.2, 0.25) is 0 Å². The van der Waals surface area contributed by atoms with Gasteiger partial charge in [-0.15, -0.1) is 0 Å². The fourth-order valence-electron chi connectivity index (χ4n) is 2.16. The maximum Gasteiger partial charge on any atom is 0.141 e. The van der Waals surface area contributed by atoms with E-state index in [9.17, 15) is 9.50 Å². The van der Waals surface area contributed by atoms with Gasteiger partial charge in [-0.25, -0.2) is 4.39 Å². The SMILES string of the molecule is CC(NCc1ccccc1CO)c1ccc(C#N)c(F)c1. The molecular weight excluding hydrogens is 267 g/mol. The summed E-state index contributed by atoms with van der Waals surface area (Å²) >= 11 is 0. The molecule has 0 saturated heterocycles. The summed E-state index contributed by atoms with van der Waals surface area (Å²) in [7, 11) is 0. The molecule has 3 nitrogen and oxygen atoms in total. The minimum atomic E-state index is -0.501. The highest BCUT2D eigenvalue weighted by Gasteiger charge is 2.09. The number of halogens is 1. The Morgan fingerprint density at radius 1 is 1.24 bits per heavy atom. The number of nitriles is 1. The van der Waals surface area contributed by atoms with Crippen LogP contribution in [0.25, 0.3) is 0 Å². The maximum atomic E-state index is 13.6. The molecule has 0 heterocycles. The first-order chi connectivity index (χ1) is 10.2. The van der Waals surface area contributed by atoms with E-state index in [0.717, 1.165) is 16.7 Å². The average Bonchev–Trinajstić information content (AvgIpc) is 2.52. The van der Waals surface area contributed by atoms with E-state index in [1.54, 1.807) is 6.07 Å². The smallest absolute Gasteiger partial charge is 0.141 e. The fraction of sp³-hybridized carbons (Fsp3) is 0.235. The number of aliphatic hydroxyl groups is 1. The lowest BCUT2D eigenvalue weighted by Gasteiger charge is -2.16. The second-order valence-corrected chi connectivity index (χ2v) is 4.88. The average molecular weight is 284 g/mol. The van der Waals surface area contributed by atoms with Gasteiger partial charge in [-0.05, 0) is 35.7 Å². The summed E-state index contributed by atoms with van der Waals surface area (Å²) in [5.41, 5.74) is 2.73. The molecule has 0 aliphatic heterocycles. The van der Waals surface area contributed by atoms with Gasteiger partial charge in [0.05, 0.1) is 12.2 Å². The summed E-state index contributed by atoms with van der Waals surface area (Å²) in [6, 6.07) is 14.0. The third kappa shape index (κ3) is 3.66. The standard InChI is InChI=1S/C17H17FN2O/c1-12(13-6-7-14(9-19)17(18)8-13)20-10-15-4-2-3-5-16(15)11-21/h2-8,12,20-21H,10-11H2,1H3. The Morgan fingerprint density at radius 2 is 1.95 bits per heavy atom. The van der Waals surface area contributed by atoms with Gasteiger partial charge in [-0.1, -0.05) is 30.3 Å². The number of nitrogens with zero attached hydrogens (tertiary/aromatic N) is 1. The first-order valence-corrected chi connectivity index (χ1v) is 6.76. The van der Waals surface area contributed by atoms with Crippen molar-refractivity contribution >= 4 is 0 Å². The van der Waals surface area contributed by atoms with Gasteiger partial charge in [0.25, 0.3) is 0 Å². The summed E-state index contributed by atoms with van der Waals surface area (Å²) in [4.78, 5) is 0. The lowest BCUT2D eigenvalue weighted by Crippen LogP contribution is -2.19. The van der Waals surface area contributed by atoms with Crippen LogP contribution in [0.4, 0.5) is 4.39 Å². The maximum absolute atomic E-state index is 13.6. The number of hydrogen-bond donors (Lipinski definition) is 2. The molecule has 0 amide bonds. The number of aliphatic hydroxyl groups excluding tert-OH is 1. The summed E-state index contributed by atoms with van der Waals surface area (Å²) in [6.07, 6.45) is 0. The van der Waals surface area contributed by atoms with Crippen LogP contribution in [0.2, 0.25) is 0 Å². The summed E-state index contributed by atoms with van der Waals surface area (Å²) < 4.78 is 13.6. The Hall–Kier alpha value is -2.22. The minimum absolute atomic E-state index is 0.00225. The molecule has 2 N–H and O–H groups in total. The van der Waals surface area contributed by atoms with Gasteiger partial charge in [0, 0.05) is 12.6 Å². The van der Waals surface area contributed by atoms with E-state index < -0.39 is 5.82 Å². The first kappa shape index (κ1) is 15.2. The Labute approximate surface area is 123 Å². The van der Waals surface area contributed by atoms with Gasteiger partial charge in [0.15, 0.2) is 0 Å². The molecule has 0 bridgehead atoms. The third-order valence-electron chi connectivity index (χ3n) is 3.50. The lowest BCUT2D eigenvalue weighted by molar-refractivity contribution is 0.280. The van der Waals surface area contributed by atoms with Crippen molar-refractivity contribution in [3.63, 3.8) is 0 Å². The number of benzene rings is 2. The van der Waals surface area contributed by atoms with Crippen LogP contribution in [0.1, 0.15) is 35.2 Å². The van der Waals surface area contributed by atoms with E-state index in [-0.39, 0.29) is 18.2 Å². The topological polar surface area (TPSA) is 56.0 Å². The zero-order chi connectivity index (χ0) is 15.2. The second kappa shape index (κ2) is 6.98. The molecule has 0 aliphatic rings. The molecule has 1 atom stereocenters. The highest BCUT2D eigenvalue weighted by Crippen LogP contribution is 2.17. The third-order valence-corrected chi connectivity index (χ3v) is 3.50. The van der Waals surface area contributed by atoms with E-state index in [1.807, 2.05) is 37.3 Å². The molecule has 0 aliphatic carbocycles. The zero-order valence-electron chi connectivity index (χ0n) is 11.8. The van der Waals surface area contributed by atoms with Crippen molar-refractivity contribution in [3.05, 3.63) is 70.5 Å². The first-order valence-electron chi connectivity index (χ1n) is 6.76. The predicted octanol–water partition coefficient (Wildman–Crippen LogP) is 3.04. The predicted molar refractivity (Wildman–Crippen MR) is 78.7 cm³/mol. The van der Waals surface area contributed by atoms with Crippen molar-refractivity contribution in [1.29, 1.82) is 5.26 Å². The minimum Gasteiger partial charge on any atom is -0.392 e. The van der Waals surface area contributed by atoms with Crippen LogP contribution >= 0.6 is 0 Å². The van der Waals surface area contributed by atoms with Crippen LogP contribution in [0, 0.1) is 17.1 Å². The highest BCUT2D eigenvalue weighted by molar-refractivity contribution is 5.34. The summed E-state index contributed by atoms with van der Waals surface area (Å²) in [5.74, 6) is -0.501. The van der Waals surface area contributed by atoms with Crippen LogP contribution in [0.15, 0.2) is 42.5 Å². The van der Waals surface area contributed by atoms with Crippen molar-refractivity contribution < 1.29 is 9.50 Å². The van der Waals surface area contributed by atoms with Gasteiger partial charge in [0.1, 0.15) is 11.9 Å². The molecule has 2 rings (SSSR count). The number of hydrogen-bond acceptors (Lipinski definition) is 3. The van der Waals surface area contributed by atoms with Crippen molar-refractivity contribution in [2.45, 2.75) is 26.1 Å². The number of nitrogens with one attached hydrogen (secondary N) is 1. The Bertz CT molecular complexity index is 664. The van der Waals surface area contributed by atoms with Crippen LogP contribution in [-0.4, -0.2) is 5.11 Å². The molecular formula is C17H17FN2O. The monoisotopic (exact) mass is 284 g/mol. The van der Waals surface area contributed by atoms with Crippen molar-refractivity contribution in [2.24, 2.45) is 0 Å². The van der Waals surface area contributed by atoms with Gasteiger partial charge < -0.3 is 10.4 Å². The number of rotatable bonds is 5.